The van der Waals surface area contributed by atoms with Gasteiger partial charge in [0, 0.05) is 38.6 Å². The molecule has 0 unspecified atom stereocenters. The lowest BCUT2D eigenvalue weighted by molar-refractivity contribution is -0.141. The molecule has 1 heterocycles. The molecule has 2 N–H and O–H groups in total. The minimum Gasteiger partial charge on any atom is -0.496 e. The summed E-state index contributed by atoms with van der Waals surface area (Å²) < 4.78 is 11.4. The zero-order valence-electron chi connectivity index (χ0n) is 17.0. The molecule has 6 heteroatoms. The summed E-state index contributed by atoms with van der Waals surface area (Å²) in [4.78, 5) is 23.9. The van der Waals surface area contributed by atoms with E-state index in [9.17, 15) is 9.59 Å². The van der Waals surface area contributed by atoms with Gasteiger partial charge in [-0.3, -0.25) is 9.59 Å². The Bertz CT molecular complexity index is 859. The van der Waals surface area contributed by atoms with E-state index in [1.165, 1.54) is 6.92 Å². The molecule has 0 saturated carbocycles. The third-order valence-electron chi connectivity index (χ3n) is 5.14. The summed E-state index contributed by atoms with van der Waals surface area (Å²) in [6.45, 7) is 2.81. The molecule has 0 bridgehead atoms. The maximum atomic E-state index is 12.9. The Hall–Kier alpha value is -2.86. The number of hydrogen-bond acceptors (Lipinski definition) is 4. The van der Waals surface area contributed by atoms with Crippen molar-refractivity contribution in [3.05, 3.63) is 54.1 Å². The number of amides is 2. The lowest BCUT2D eigenvalue weighted by Crippen LogP contribution is -2.49. The van der Waals surface area contributed by atoms with Crippen molar-refractivity contribution in [1.29, 1.82) is 0 Å². The van der Waals surface area contributed by atoms with Crippen LogP contribution in [0.25, 0.3) is 11.1 Å². The molecule has 2 aromatic carbocycles. The molecule has 154 valence electrons. The SMILES string of the molecule is COc1ccccc1-c1cccc(C[C@]2(C(=O)NCCNC(C)=O)CCCO2)c1. The number of para-hydroxylation sites is 1. The number of carbonyl (C=O) groups excluding carboxylic acids is 2. The molecule has 2 aromatic rings. The lowest BCUT2D eigenvalue weighted by Gasteiger charge is -2.27. The van der Waals surface area contributed by atoms with E-state index in [0.29, 0.717) is 32.5 Å². The van der Waals surface area contributed by atoms with Crippen molar-refractivity contribution in [3.63, 3.8) is 0 Å². The summed E-state index contributed by atoms with van der Waals surface area (Å²) in [6.07, 6.45) is 2.03. The number of ether oxygens (including phenoxy) is 2. The van der Waals surface area contributed by atoms with Crippen LogP contribution in [0.15, 0.2) is 48.5 Å². The van der Waals surface area contributed by atoms with E-state index in [0.717, 1.165) is 28.9 Å². The molecule has 1 atom stereocenters. The Labute approximate surface area is 171 Å². The Morgan fingerprint density at radius 3 is 2.62 bits per heavy atom. The Morgan fingerprint density at radius 2 is 1.90 bits per heavy atom. The molecule has 0 spiro atoms. The molecule has 2 amide bonds. The molecule has 1 saturated heterocycles. The van der Waals surface area contributed by atoms with Gasteiger partial charge in [-0.25, -0.2) is 0 Å². The molecule has 3 rings (SSSR count). The maximum absolute atomic E-state index is 12.9. The molecule has 0 aliphatic carbocycles. The van der Waals surface area contributed by atoms with Crippen LogP contribution in [0.4, 0.5) is 0 Å². The largest absolute Gasteiger partial charge is 0.496 e. The molecule has 0 radical (unpaired) electrons. The van der Waals surface area contributed by atoms with Crippen molar-refractivity contribution in [2.75, 3.05) is 26.8 Å². The number of methoxy groups -OCH3 is 1. The normalized spacial score (nSPS) is 18.3. The molecule has 0 aromatic heterocycles. The number of nitrogens with one attached hydrogen (secondary N) is 2. The van der Waals surface area contributed by atoms with Crippen molar-refractivity contribution in [1.82, 2.24) is 10.6 Å². The highest BCUT2D eigenvalue weighted by Crippen LogP contribution is 2.33. The van der Waals surface area contributed by atoms with E-state index in [-0.39, 0.29) is 11.8 Å². The van der Waals surface area contributed by atoms with Crippen LogP contribution < -0.4 is 15.4 Å². The van der Waals surface area contributed by atoms with Gasteiger partial charge < -0.3 is 20.1 Å². The first-order valence-electron chi connectivity index (χ1n) is 9.93. The van der Waals surface area contributed by atoms with Gasteiger partial charge in [-0.2, -0.15) is 0 Å². The van der Waals surface area contributed by atoms with E-state index in [1.54, 1.807) is 7.11 Å². The van der Waals surface area contributed by atoms with Crippen LogP contribution in [0.2, 0.25) is 0 Å². The summed E-state index contributed by atoms with van der Waals surface area (Å²) in [6, 6.07) is 16.0. The Kier molecular flexibility index (Phi) is 6.88. The highest BCUT2D eigenvalue weighted by Gasteiger charge is 2.42. The standard InChI is InChI=1S/C23H28N2O4/c1-17(26)24-12-13-25-22(27)23(11-6-14-29-23)16-18-7-5-8-19(15-18)20-9-3-4-10-21(20)28-2/h3-5,7-10,15H,6,11-14,16H2,1-2H3,(H,24,26)(H,25,27)/t23-/m0/s1. The fraction of sp³-hybridized carbons (Fsp3) is 0.391. The molecule has 1 fully saturated rings. The average Bonchev–Trinajstić information content (AvgIpc) is 3.20. The minimum atomic E-state index is -0.865. The second kappa shape index (κ2) is 9.56. The lowest BCUT2D eigenvalue weighted by atomic mass is 9.89. The number of hydrogen-bond donors (Lipinski definition) is 2. The number of rotatable bonds is 8. The predicted molar refractivity (Wildman–Crippen MR) is 112 cm³/mol. The second-order valence-electron chi connectivity index (χ2n) is 7.26. The van der Waals surface area contributed by atoms with Gasteiger partial charge in [-0.1, -0.05) is 42.5 Å². The van der Waals surface area contributed by atoms with E-state index >= 15 is 0 Å². The molecule has 1 aliphatic heterocycles. The highest BCUT2D eigenvalue weighted by atomic mass is 16.5. The molecular weight excluding hydrogens is 368 g/mol. The van der Waals surface area contributed by atoms with Crippen molar-refractivity contribution >= 4 is 11.8 Å². The molecule has 1 aliphatic rings. The van der Waals surface area contributed by atoms with Crippen molar-refractivity contribution in [2.45, 2.75) is 31.8 Å². The number of carbonyl (C=O) groups is 2. The topological polar surface area (TPSA) is 76.7 Å². The van der Waals surface area contributed by atoms with Crippen molar-refractivity contribution < 1.29 is 19.1 Å². The second-order valence-corrected chi connectivity index (χ2v) is 7.26. The Morgan fingerprint density at radius 1 is 1.10 bits per heavy atom. The third kappa shape index (κ3) is 5.15. The van der Waals surface area contributed by atoms with E-state index in [4.69, 9.17) is 9.47 Å². The minimum absolute atomic E-state index is 0.112. The van der Waals surface area contributed by atoms with Gasteiger partial charge >= 0.3 is 0 Å². The Balaban J connectivity index is 1.75. The first-order valence-corrected chi connectivity index (χ1v) is 9.93. The van der Waals surface area contributed by atoms with Crippen molar-refractivity contribution in [3.8, 4) is 16.9 Å². The highest BCUT2D eigenvalue weighted by molar-refractivity contribution is 5.86. The van der Waals surface area contributed by atoms with E-state index in [2.05, 4.69) is 16.7 Å². The summed E-state index contributed by atoms with van der Waals surface area (Å²) in [5, 5.41) is 5.59. The third-order valence-corrected chi connectivity index (χ3v) is 5.14. The average molecular weight is 396 g/mol. The van der Waals surface area contributed by atoms with E-state index < -0.39 is 5.60 Å². The zero-order valence-corrected chi connectivity index (χ0v) is 17.0. The van der Waals surface area contributed by atoms with Gasteiger partial charge in [-0.05, 0) is 30.0 Å². The fourth-order valence-electron chi connectivity index (χ4n) is 3.73. The smallest absolute Gasteiger partial charge is 0.252 e. The summed E-state index contributed by atoms with van der Waals surface area (Å²) in [5.74, 6) is 0.578. The summed E-state index contributed by atoms with van der Waals surface area (Å²) in [7, 11) is 1.66. The van der Waals surface area contributed by atoms with Gasteiger partial charge in [0.25, 0.3) is 5.91 Å². The predicted octanol–water partition coefficient (Wildman–Crippen LogP) is 2.71. The van der Waals surface area contributed by atoms with Gasteiger partial charge in [0.2, 0.25) is 5.91 Å². The summed E-state index contributed by atoms with van der Waals surface area (Å²) in [5.41, 5.74) is 2.22. The van der Waals surface area contributed by atoms with Crippen LogP contribution in [0.3, 0.4) is 0 Å². The monoisotopic (exact) mass is 396 g/mol. The van der Waals surface area contributed by atoms with Gasteiger partial charge in [0.1, 0.15) is 5.75 Å². The molecule has 6 nitrogen and oxygen atoms in total. The maximum Gasteiger partial charge on any atom is 0.252 e. The van der Waals surface area contributed by atoms with Crippen LogP contribution in [-0.2, 0) is 20.7 Å². The van der Waals surface area contributed by atoms with Gasteiger partial charge in [0.05, 0.1) is 7.11 Å². The van der Waals surface area contributed by atoms with Gasteiger partial charge in [-0.15, -0.1) is 0 Å². The van der Waals surface area contributed by atoms with E-state index in [1.807, 2.05) is 42.5 Å². The molecular formula is C23H28N2O4. The number of benzene rings is 2. The first kappa shape index (κ1) is 20.9. The van der Waals surface area contributed by atoms with Crippen molar-refractivity contribution in [2.24, 2.45) is 0 Å². The molecule has 29 heavy (non-hydrogen) atoms. The first-order chi connectivity index (χ1) is 14.0. The van der Waals surface area contributed by atoms with Crippen LogP contribution in [-0.4, -0.2) is 44.2 Å². The fourth-order valence-corrected chi connectivity index (χ4v) is 3.73. The summed E-state index contributed by atoms with van der Waals surface area (Å²) >= 11 is 0. The van der Waals surface area contributed by atoms with Crippen LogP contribution >= 0.6 is 0 Å². The van der Waals surface area contributed by atoms with Crippen LogP contribution in [0.1, 0.15) is 25.3 Å². The zero-order chi connectivity index (χ0) is 20.7. The van der Waals surface area contributed by atoms with Gasteiger partial charge in [0.15, 0.2) is 5.60 Å². The van der Waals surface area contributed by atoms with Crippen LogP contribution in [0.5, 0.6) is 5.75 Å². The van der Waals surface area contributed by atoms with Crippen LogP contribution in [0, 0.1) is 0 Å². The quantitative estimate of drug-likeness (QED) is 0.673.